The molecule has 1 aromatic carbocycles. The average molecular weight is 473 g/mol. The highest BCUT2D eigenvalue weighted by Crippen LogP contribution is 2.23. The molecule has 4 rings (SSSR count). The molecule has 1 N–H and O–H groups in total. The number of halogens is 1. The number of ketones is 1. The minimum Gasteiger partial charge on any atom is -0.449 e. The molecule has 2 bridgehead atoms. The molecule has 3 amide bonds. The molecular formula is C24H29FN4O5. The minimum atomic E-state index is -1.52. The predicted molar refractivity (Wildman–Crippen MR) is 120 cm³/mol. The Bertz CT molecular complexity index is 1030. The van der Waals surface area contributed by atoms with Gasteiger partial charge in [-0.25, -0.2) is 14.2 Å². The van der Waals surface area contributed by atoms with Crippen LogP contribution >= 0.6 is 0 Å². The van der Waals surface area contributed by atoms with Gasteiger partial charge in [0.2, 0.25) is 0 Å². The summed E-state index contributed by atoms with van der Waals surface area (Å²) >= 11 is 0. The van der Waals surface area contributed by atoms with E-state index in [4.69, 9.17) is 4.74 Å². The SMILES string of the molecule is CN1C(=O)OCCCCCc2cc(F)ccc2CNC(=O)C2N=C3C1CCCCN3C(=O)C2=O. The van der Waals surface area contributed by atoms with Crippen LogP contribution < -0.4 is 5.32 Å². The normalized spacial score (nSPS) is 24.9. The van der Waals surface area contributed by atoms with Crippen molar-refractivity contribution in [2.45, 2.75) is 63.6 Å². The monoisotopic (exact) mass is 472 g/mol. The number of hydrogen-bond donors (Lipinski definition) is 1. The number of nitrogens with zero attached hydrogens (tertiary/aromatic N) is 3. The zero-order valence-electron chi connectivity index (χ0n) is 19.2. The fraction of sp³-hybridized carbons (Fsp3) is 0.542. The molecule has 0 aliphatic carbocycles. The first-order chi connectivity index (χ1) is 16.4. The van der Waals surface area contributed by atoms with E-state index >= 15 is 0 Å². The van der Waals surface area contributed by atoms with Crippen LogP contribution in [0.2, 0.25) is 0 Å². The second-order valence-electron chi connectivity index (χ2n) is 8.89. The van der Waals surface area contributed by atoms with Gasteiger partial charge in [0.1, 0.15) is 11.7 Å². The van der Waals surface area contributed by atoms with E-state index in [-0.39, 0.29) is 24.8 Å². The molecule has 34 heavy (non-hydrogen) atoms. The van der Waals surface area contributed by atoms with Gasteiger partial charge in [-0.05, 0) is 68.2 Å². The van der Waals surface area contributed by atoms with Crippen molar-refractivity contribution in [3.8, 4) is 0 Å². The van der Waals surface area contributed by atoms with E-state index in [1.165, 1.54) is 21.9 Å². The molecule has 2 unspecified atom stereocenters. The van der Waals surface area contributed by atoms with Gasteiger partial charge in [-0.15, -0.1) is 0 Å². The summed E-state index contributed by atoms with van der Waals surface area (Å²) < 4.78 is 19.3. The molecule has 3 aliphatic rings. The molecule has 0 spiro atoms. The number of likely N-dealkylation sites (N-methyl/N-ethyl adjacent to an activating group) is 1. The summed E-state index contributed by atoms with van der Waals surface area (Å²) in [4.78, 5) is 58.4. The fourth-order valence-electron chi connectivity index (χ4n) is 4.64. The number of aryl methyl sites for hydroxylation is 1. The molecule has 1 aromatic rings. The topological polar surface area (TPSA) is 108 Å². The number of aliphatic imine (C=N–C) groups is 1. The second-order valence-corrected chi connectivity index (χ2v) is 8.89. The molecule has 0 aromatic heterocycles. The Labute approximate surface area is 197 Å². The van der Waals surface area contributed by atoms with Crippen molar-refractivity contribution in [2.24, 2.45) is 4.99 Å². The highest BCUT2D eigenvalue weighted by atomic mass is 19.1. The molecule has 10 heteroatoms. The largest absolute Gasteiger partial charge is 0.449 e. The van der Waals surface area contributed by atoms with Crippen LogP contribution in [0.3, 0.4) is 0 Å². The van der Waals surface area contributed by atoms with Crippen molar-refractivity contribution in [3.05, 3.63) is 35.1 Å². The molecule has 2 atom stereocenters. The predicted octanol–water partition coefficient (Wildman–Crippen LogP) is 1.97. The lowest BCUT2D eigenvalue weighted by atomic mass is 10.0. The summed E-state index contributed by atoms with van der Waals surface area (Å²) in [5, 5.41) is 2.69. The lowest BCUT2D eigenvalue weighted by Gasteiger charge is -2.35. The maximum atomic E-state index is 13.8. The summed E-state index contributed by atoms with van der Waals surface area (Å²) in [5.41, 5.74) is 1.50. The summed E-state index contributed by atoms with van der Waals surface area (Å²) in [6.45, 7) is 0.629. The van der Waals surface area contributed by atoms with Gasteiger partial charge < -0.3 is 15.0 Å². The highest BCUT2D eigenvalue weighted by Gasteiger charge is 2.45. The Hall–Kier alpha value is -3.30. The quantitative estimate of drug-likeness (QED) is 0.459. The second kappa shape index (κ2) is 10.3. The number of amidine groups is 1. The number of cyclic esters (lactones) is 1. The lowest BCUT2D eigenvalue weighted by molar-refractivity contribution is -0.146. The first-order valence-electron chi connectivity index (χ1n) is 11.7. The zero-order chi connectivity index (χ0) is 24.2. The number of carbonyl (C=O) groups is 4. The Balaban J connectivity index is 1.68. The molecule has 0 saturated carbocycles. The molecule has 3 aliphatic heterocycles. The Kier molecular flexibility index (Phi) is 7.23. The van der Waals surface area contributed by atoms with Gasteiger partial charge in [0.15, 0.2) is 6.04 Å². The number of benzene rings is 1. The minimum absolute atomic E-state index is 0.0892. The summed E-state index contributed by atoms with van der Waals surface area (Å²) in [6.07, 6.45) is 4.18. The first kappa shape index (κ1) is 23.8. The van der Waals surface area contributed by atoms with Crippen LogP contribution in [0, 0.1) is 5.82 Å². The van der Waals surface area contributed by atoms with Crippen molar-refractivity contribution >= 4 is 29.5 Å². The number of carbonyl (C=O) groups excluding carboxylic acids is 4. The summed E-state index contributed by atoms with van der Waals surface area (Å²) in [5.74, 6) is -2.51. The molecular weight excluding hydrogens is 443 g/mol. The van der Waals surface area contributed by atoms with Crippen LogP contribution in [0.5, 0.6) is 0 Å². The summed E-state index contributed by atoms with van der Waals surface area (Å²) in [7, 11) is 1.58. The van der Waals surface area contributed by atoms with Crippen LogP contribution in [0.1, 0.15) is 49.7 Å². The standard InChI is InChI=1S/C24H29FN4O5/c1-28-18-8-4-5-11-29-21(18)27-19(20(30)23(29)32)22(31)26-14-16-9-10-17(25)13-15(16)7-3-2-6-12-34-24(28)33/h9-10,13,18-19H,2-8,11-12,14H2,1H3,(H,26,31). The summed E-state index contributed by atoms with van der Waals surface area (Å²) in [6, 6.07) is 2.27. The zero-order valence-corrected chi connectivity index (χ0v) is 19.2. The number of ether oxygens (including phenoxy) is 1. The number of nitrogens with one attached hydrogen (secondary N) is 1. The maximum absolute atomic E-state index is 13.8. The average Bonchev–Trinajstić information content (AvgIpc) is 3.04. The van der Waals surface area contributed by atoms with E-state index in [0.29, 0.717) is 32.2 Å². The van der Waals surface area contributed by atoms with Crippen LogP contribution in [0.4, 0.5) is 9.18 Å². The maximum Gasteiger partial charge on any atom is 0.410 e. The van der Waals surface area contributed by atoms with Gasteiger partial charge in [0.05, 0.1) is 12.6 Å². The van der Waals surface area contributed by atoms with Crippen LogP contribution in [-0.2, 0) is 32.1 Å². The van der Waals surface area contributed by atoms with Gasteiger partial charge in [-0.1, -0.05) is 6.07 Å². The van der Waals surface area contributed by atoms with Crippen LogP contribution in [-0.4, -0.2) is 71.6 Å². The molecule has 0 radical (unpaired) electrons. The Morgan fingerprint density at radius 1 is 1.06 bits per heavy atom. The van der Waals surface area contributed by atoms with Crippen LogP contribution in [0.15, 0.2) is 23.2 Å². The Morgan fingerprint density at radius 2 is 1.88 bits per heavy atom. The number of Topliss-reactive ketones (excluding diaryl/α,β-unsaturated/α-hetero) is 1. The van der Waals surface area contributed by atoms with E-state index in [0.717, 1.165) is 30.4 Å². The van der Waals surface area contributed by atoms with Crippen molar-refractivity contribution in [1.29, 1.82) is 0 Å². The van der Waals surface area contributed by atoms with Crippen molar-refractivity contribution in [3.63, 3.8) is 0 Å². The third kappa shape index (κ3) is 4.95. The molecule has 1 fully saturated rings. The van der Waals surface area contributed by atoms with Gasteiger partial charge >= 0.3 is 6.09 Å². The van der Waals surface area contributed by atoms with E-state index in [2.05, 4.69) is 10.3 Å². The number of fused-ring (bicyclic) bond motifs is 2. The van der Waals surface area contributed by atoms with Gasteiger partial charge in [-0.2, -0.15) is 0 Å². The third-order valence-electron chi connectivity index (χ3n) is 6.59. The fourth-order valence-corrected chi connectivity index (χ4v) is 4.64. The van der Waals surface area contributed by atoms with E-state index in [1.807, 2.05) is 0 Å². The van der Waals surface area contributed by atoms with E-state index < -0.39 is 35.8 Å². The van der Waals surface area contributed by atoms with Crippen molar-refractivity contribution < 1.29 is 28.3 Å². The smallest absolute Gasteiger partial charge is 0.410 e. The van der Waals surface area contributed by atoms with Gasteiger partial charge in [-0.3, -0.25) is 19.3 Å². The van der Waals surface area contributed by atoms with Gasteiger partial charge in [0.25, 0.3) is 17.6 Å². The van der Waals surface area contributed by atoms with E-state index in [9.17, 15) is 23.6 Å². The Morgan fingerprint density at radius 3 is 2.71 bits per heavy atom. The first-order valence-corrected chi connectivity index (χ1v) is 11.7. The molecule has 182 valence electrons. The third-order valence-corrected chi connectivity index (χ3v) is 6.59. The van der Waals surface area contributed by atoms with Gasteiger partial charge in [0, 0.05) is 20.1 Å². The van der Waals surface area contributed by atoms with Crippen molar-refractivity contribution in [1.82, 2.24) is 15.1 Å². The molecule has 9 nitrogen and oxygen atoms in total. The van der Waals surface area contributed by atoms with E-state index in [1.54, 1.807) is 13.1 Å². The van der Waals surface area contributed by atoms with Crippen molar-refractivity contribution in [2.75, 3.05) is 20.2 Å². The molecule has 1 saturated heterocycles. The number of amides is 3. The van der Waals surface area contributed by atoms with Crippen LogP contribution in [0.25, 0.3) is 0 Å². The molecule has 3 heterocycles. The lowest BCUT2D eigenvalue weighted by Crippen LogP contribution is -2.58. The number of hydrogen-bond acceptors (Lipinski definition) is 6. The number of rotatable bonds is 0. The highest BCUT2D eigenvalue weighted by molar-refractivity contribution is 6.46.